The van der Waals surface area contributed by atoms with Crippen molar-refractivity contribution in [3.05, 3.63) is 18.5 Å². The number of carbonyl (C=O) groups is 2. The number of hydrogen-bond donors (Lipinski definition) is 0. The predicted molar refractivity (Wildman–Crippen MR) is 94.8 cm³/mol. The van der Waals surface area contributed by atoms with Gasteiger partial charge < -0.3 is 14.7 Å². The fourth-order valence-corrected chi connectivity index (χ4v) is 3.81. The maximum Gasteiger partial charge on any atom is 0.227 e. The summed E-state index contributed by atoms with van der Waals surface area (Å²) in [6.45, 7) is 5.37. The van der Waals surface area contributed by atoms with Gasteiger partial charge in [0.05, 0.1) is 5.92 Å². The normalized spacial score (nSPS) is 22.7. The standard InChI is InChI=1S/C18H29N5O2/c1-20-8-2-5-16(15-20)18(25)22-10-4-9-21(13-14-22)17(24)6-12-23-11-3-7-19-23/h3,7,11,16H,2,4-6,8-10,12-15H2,1H3. The van der Waals surface area contributed by atoms with Crippen LogP contribution >= 0.6 is 0 Å². The first kappa shape index (κ1) is 17.9. The Balaban J connectivity index is 1.48. The summed E-state index contributed by atoms with van der Waals surface area (Å²) in [7, 11) is 2.09. The molecule has 7 heteroatoms. The highest BCUT2D eigenvalue weighted by Gasteiger charge is 2.29. The maximum absolute atomic E-state index is 12.8. The third kappa shape index (κ3) is 4.81. The number of rotatable bonds is 4. The summed E-state index contributed by atoms with van der Waals surface area (Å²) in [5.41, 5.74) is 0. The van der Waals surface area contributed by atoms with Gasteiger partial charge in [0.1, 0.15) is 0 Å². The molecule has 2 saturated heterocycles. The topological polar surface area (TPSA) is 61.7 Å². The minimum atomic E-state index is 0.126. The molecule has 138 valence electrons. The summed E-state index contributed by atoms with van der Waals surface area (Å²) in [6, 6.07) is 1.86. The predicted octanol–water partition coefficient (Wildman–Crippen LogP) is 0.676. The van der Waals surface area contributed by atoms with Crippen molar-refractivity contribution < 1.29 is 9.59 Å². The number of carbonyl (C=O) groups excluding carboxylic acids is 2. The molecule has 3 rings (SSSR count). The molecule has 0 saturated carbocycles. The molecule has 0 spiro atoms. The Labute approximate surface area is 149 Å². The quantitative estimate of drug-likeness (QED) is 0.803. The van der Waals surface area contributed by atoms with E-state index in [0.29, 0.717) is 26.1 Å². The Hall–Kier alpha value is -1.89. The number of nitrogens with zero attached hydrogens (tertiary/aromatic N) is 5. The van der Waals surface area contributed by atoms with Gasteiger partial charge in [0.25, 0.3) is 0 Å². The van der Waals surface area contributed by atoms with Crippen LogP contribution < -0.4 is 0 Å². The molecule has 0 aromatic carbocycles. The van der Waals surface area contributed by atoms with Crippen molar-refractivity contribution in [2.75, 3.05) is 46.3 Å². The molecule has 2 aliphatic heterocycles. The molecule has 0 radical (unpaired) electrons. The molecule has 0 N–H and O–H groups in total. The van der Waals surface area contributed by atoms with E-state index in [4.69, 9.17) is 0 Å². The lowest BCUT2D eigenvalue weighted by molar-refractivity contribution is -0.138. The molecule has 1 atom stereocenters. The molecule has 2 aliphatic rings. The van der Waals surface area contributed by atoms with Crippen LogP contribution in [0.15, 0.2) is 18.5 Å². The molecule has 25 heavy (non-hydrogen) atoms. The van der Waals surface area contributed by atoms with Crippen molar-refractivity contribution in [3.63, 3.8) is 0 Å². The highest BCUT2D eigenvalue weighted by atomic mass is 16.2. The van der Waals surface area contributed by atoms with Crippen molar-refractivity contribution in [1.29, 1.82) is 0 Å². The minimum absolute atomic E-state index is 0.126. The highest BCUT2D eigenvalue weighted by molar-refractivity contribution is 5.80. The molecule has 0 aliphatic carbocycles. The molecule has 3 heterocycles. The van der Waals surface area contributed by atoms with Crippen LogP contribution in [0.4, 0.5) is 0 Å². The Kier molecular flexibility index (Phi) is 6.07. The van der Waals surface area contributed by atoms with E-state index in [1.54, 1.807) is 10.9 Å². The molecule has 2 fully saturated rings. The first-order valence-corrected chi connectivity index (χ1v) is 9.36. The van der Waals surface area contributed by atoms with Gasteiger partial charge in [-0.3, -0.25) is 14.3 Å². The first-order chi connectivity index (χ1) is 12.1. The largest absolute Gasteiger partial charge is 0.341 e. The first-order valence-electron chi connectivity index (χ1n) is 9.36. The molecule has 7 nitrogen and oxygen atoms in total. The SMILES string of the molecule is CN1CCCC(C(=O)N2CCCN(C(=O)CCn3cccn3)CC2)C1. The van der Waals surface area contributed by atoms with Crippen LogP contribution in [0.25, 0.3) is 0 Å². The van der Waals surface area contributed by atoms with Gasteiger partial charge in [0.15, 0.2) is 0 Å². The molecule has 1 unspecified atom stereocenters. The molecular weight excluding hydrogens is 318 g/mol. The van der Waals surface area contributed by atoms with Gasteiger partial charge in [0.2, 0.25) is 11.8 Å². The third-order valence-corrected chi connectivity index (χ3v) is 5.25. The fraction of sp³-hybridized carbons (Fsp3) is 0.722. The molecule has 2 amide bonds. The summed E-state index contributed by atoms with van der Waals surface area (Å²) in [5.74, 6) is 0.556. The van der Waals surface area contributed by atoms with Crippen molar-refractivity contribution in [2.24, 2.45) is 5.92 Å². The summed E-state index contributed by atoms with van der Waals surface area (Å²) in [5, 5.41) is 4.13. The zero-order chi connectivity index (χ0) is 17.6. The van der Waals surface area contributed by atoms with Gasteiger partial charge in [-0.25, -0.2) is 0 Å². The van der Waals surface area contributed by atoms with Crippen LogP contribution in [-0.2, 0) is 16.1 Å². The van der Waals surface area contributed by atoms with Crippen LogP contribution in [0.1, 0.15) is 25.7 Å². The summed E-state index contributed by atoms with van der Waals surface area (Å²) >= 11 is 0. The third-order valence-electron chi connectivity index (χ3n) is 5.25. The fourth-order valence-electron chi connectivity index (χ4n) is 3.81. The van der Waals surface area contributed by atoms with E-state index in [9.17, 15) is 9.59 Å². The zero-order valence-corrected chi connectivity index (χ0v) is 15.1. The van der Waals surface area contributed by atoms with Gasteiger partial charge in [-0.1, -0.05) is 0 Å². The smallest absolute Gasteiger partial charge is 0.227 e. The van der Waals surface area contributed by atoms with Crippen molar-refractivity contribution in [2.45, 2.75) is 32.2 Å². The van der Waals surface area contributed by atoms with Crippen LogP contribution in [0.2, 0.25) is 0 Å². The number of hydrogen-bond acceptors (Lipinski definition) is 4. The Bertz CT molecular complexity index is 574. The van der Waals surface area contributed by atoms with E-state index >= 15 is 0 Å². The minimum Gasteiger partial charge on any atom is -0.341 e. The van der Waals surface area contributed by atoms with E-state index in [0.717, 1.165) is 45.4 Å². The number of piperidine rings is 1. The van der Waals surface area contributed by atoms with Gasteiger partial charge in [-0.15, -0.1) is 0 Å². The Morgan fingerprint density at radius 1 is 1.08 bits per heavy atom. The number of amides is 2. The number of aryl methyl sites for hydroxylation is 1. The van der Waals surface area contributed by atoms with Crippen molar-refractivity contribution in [1.82, 2.24) is 24.5 Å². The second-order valence-electron chi connectivity index (χ2n) is 7.18. The van der Waals surface area contributed by atoms with Crippen molar-refractivity contribution in [3.8, 4) is 0 Å². The van der Waals surface area contributed by atoms with Gasteiger partial charge in [-0.05, 0) is 38.9 Å². The monoisotopic (exact) mass is 347 g/mol. The molecule has 0 bridgehead atoms. The molecule has 1 aromatic heterocycles. The maximum atomic E-state index is 12.8. The van der Waals surface area contributed by atoms with Gasteiger partial charge in [-0.2, -0.15) is 5.10 Å². The number of likely N-dealkylation sites (tertiary alicyclic amines) is 1. The summed E-state index contributed by atoms with van der Waals surface area (Å²) in [6.07, 6.45) is 7.01. The van der Waals surface area contributed by atoms with E-state index in [1.165, 1.54) is 0 Å². The van der Waals surface area contributed by atoms with Crippen LogP contribution in [0.3, 0.4) is 0 Å². The Morgan fingerprint density at radius 2 is 1.88 bits per heavy atom. The van der Waals surface area contributed by atoms with Crippen molar-refractivity contribution >= 4 is 11.8 Å². The second-order valence-corrected chi connectivity index (χ2v) is 7.18. The van der Waals surface area contributed by atoms with Crippen LogP contribution in [-0.4, -0.2) is 82.6 Å². The zero-order valence-electron chi connectivity index (χ0n) is 15.1. The number of aromatic nitrogens is 2. The summed E-state index contributed by atoms with van der Waals surface area (Å²) < 4.78 is 1.78. The highest BCUT2D eigenvalue weighted by Crippen LogP contribution is 2.19. The lowest BCUT2D eigenvalue weighted by Crippen LogP contribution is -2.45. The van der Waals surface area contributed by atoms with E-state index < -0.39 is 0 Å². The average molecular weight is 347 g/mol. The molecule has 1 aromatic rings. The van der Waals surface area contributed by atoms with Crippen LogP contribution in [0.5, 0.6) is 0 Å². The lowest BCUT2D eigenvalue weighted by atomic mass is 9.97. The average Bonchev–Trinajstić information content (AvgIpc) is 3.01. The van der Waals surface area contributed by atoms with E-state index in [-0.39, 0.29) is 17.7 Å². The van der Waals surface area contributed by atoms with E-state index in [2.05, 4.69) is 17.0 Å². The van der Waals surface area contributed by atoms with Crippen LogP contribution in [0, 0.1) is 5.92 Å². The van der Waals surface area contributed by atoms with Gasteiger partial charge in [0, 0.05) is 58.1 Å². The Morgan fingerprint density at radius 3 is 2.64 bits per heavy atom. The second kappa shape index (κ2) is 8.47. The van der Waals surface area contributed by atoms with E-state index in [1.807, 2.05) is 22.1 Å². The van der Waals surface area contributed by atoms with Gasteiger partial charge >= 0.3 is 0 Å². The lowest BCUT2D eigenvalue weighted by Gasteiger charge is -2.32. The summed E-state index contributed by atoms with van der Waals surface area (Å²) in [4.78, 5) is 31.4. The molecular formula is C18H29N5O2.